The SMILES string of the molecule is COc1ccc(S(=O)(=O)N[C@@H](CN2CCc3ccccc3C2)C(C)(C)C)cc1OC. The second-order valence-corrected chi connectivity index (χ2v) is 10.5. The van der Waals surface area contributed by atoms with Crippen LogP contribution < -0.4 is 14.2 Å². The van der Waals surface area contributed by atoms with Crippen molar-refractivity contribution in [2.24, 2.45) is 5.41 Å². The third-order valence-corrected chi connectivity index (χ3v) is 7.13. The van der Waals surface area contributed by atoms with Gasteiger partial charge >= 0.3 is 0 Å². The van der Waals surface area contributed by atoms with Crippen molar-refractivity contribution in [3.05, 3.63) is 53.6 Å². The van der Waals surface area contributed by atoms with E-state index in [1.165, 1.54) is 31.4 Å². The van der Waals surface area contributed by atoms with Crippen LogP contribution in [0.3, 0.4) is 0 Å². The molecule has 7 heteroatoms. The highest BCUT2D eigenvalue weighted by Crippen LogP contribution is 2.30. The summed E-state index contributed by atoms with van der Waals surface area (Å²) in [6.45, 7) is 8.58. The lowest BCUT2D eigenvalue weighted by Crippen LogP contribution is -2.51. The average Bonchev–Trinajstić information content (AvgIpc) is 2.71. The van der Waals surface area contributed by atoms with Gasteiger partial charge in [0.05, 0.1) is 19.1 Å². The Morgan fingerprint density at radius 3 is 2.33 bits per heavy atom. The topological polar surface area (TPSA) is 67.9 Å². The van der Waals surface area contributed by atoms with E-state index < -0.39 is 10.0 Å². The zero-order valence-corrected chi connectivity index (χ0v) is 19.3. The van der Waals surface area contributed by atoms with Crippen LogP contribution in [-0.2, 0) is 23.0 Å². The molecule has 0 bridgehead atoms. The van der Waals surface area contributed by atoms with Crippen LogP contribution in [0.15, 0.2) is 47.4 Å². The summed E-state index contributed by atoms with van der Waals surface area (Å²) in [5.41, 5.74) is 2.45. The molecule has 164 valence electrons. The van der Waals surface area contributed by atoms with Gasteiger partial charge in [-0.1, -0.05) is 45.0 Å². The summed E-state index contributed by atoms with van der Waals surface area (Å²) >= 11 is 0. The van der Waals surface area contributed by atoms with Gasteiger partial charge in [-0.15, -0.1) is 0 Å². The van der Waals surface area contributed by atoms with Gasteiger partial charge in [-0.05, 0) is 35.1 Å². The van der Waals surface area contributed by atoms with E-state index in [4.69, 9.17) is 9.47 Å². The first-order chi connectivity index (χ1) is 14.1. The van der Waals surface area contributed by atoms with Crippen LogP contribution in [0.4, 0.5) is 0 Å². The summed E-state index contributed by atoms with van der Waals surface area (Å²) in [4.78, 5) is 2.49. The first-order valence-corrected chi connectivity index (χ1v) is 11.7. The third-order valence-electron chi connectivity index (χ3n) is 5.66. The Balaban J connectivity index is 1.80. The van der Waals surface area contributed by atoms with Gasteiger partial charge in [0.2, 0.25) is 10.0 Å². The van der Waals surface area contributed by atoms with Gasteiger partial charge in [0.1, 0.15) is 0 Å². The van der Waals surface area contributed by atoms with Gasteiger partial charge in [0, 0.05) is 31.7 Å². The van der Waals surface area contributed by atoms with E-state index in [1.807, 2.05) is 0 Å². The van der Waals surface area contributed by atoms with Gasteiger partial charge in [-0.25, -0.2) is 13.1 Å². The molecule has 2 aromatic carbocycles. The van der Waals surface area contributed by atoms with Crippen LogP contribution in [0, 0.1) is 5.41 Å². The molecule has 3 rings (SSSR count). The maximum atomic E-state index is 13.2. The number of fused-ring (bicyclic) bond motifs is 1. The standard InChI is InChI=1S/C23H32N2O4S/c1-23(2,3)22(16-25-13-12-17-8-6-7-9-18(17)15-25)24-30(26,27)19-10-11-20(28-4)21(14-19)29-5/h6-11,14,22,24H,12-13,15-16H2,1-5H3/t22-/m0/s1. The van der Waals surface area contributed by atoms with Gasteiger partial charge < -0.3 is 9.47 Å². The maximum absolute atomic E-state index is 13.2. The van der Waals surface area contributed by atoms with E-state index in [9.17, 15) is 8.42 Å². The van der Waals surface area contributed by atoms with Crippen LogP contribution in [0.2, 0.25) is 0 Å². The Bertz CT molecular complexity index is 983. The molecule has 0 radical (unpaired) electrons. The fourth-order valence-electron chi connectivity index (χ4n) is 3.70. The van der Waals surface area contributed by atoms with Crippen LogP contribution in [0.1, 0.15) is 31.9 Å². The van der Waals surface area contributed by atoms with Crippen LogP contribution in [-0.4, -0.2) is 46.7 Å². The summed E-state index contributed by atoms with van der Waals surface area (Å²) in [6.07, 6.45) is 0.982. The molecule has 2 aromatic rings. The molecule has 0 aliphatic carbocycles. The van der Waals surface area contributed by atoms with Crippen molar-refractivity contribution >= 4 is 10.0 Å². The minimum absolute atomic E-state index is 0.165. The number of nitrogens with one attached hydrogen (secondary N) is 1. The molecule has 0 amide bonds. The van der Waals surface area contributed by atoms with Crippen molar-refractivity contribution in [1.82, 2.24) is 9.62 Å². The van der Waals surface area contributed by atoms with Gasteiger partial charge in [-0.2, -0.15) is 0 Å². The number of hydrogen-bond acceptors (Lipinski definition) is 5. The molecule has 1 aliphatic rings. The summed E-state index contributed by atoms with van der Waals surface area (Å²) in [6, 6.07) is 12.9. The van der Waals surface area contributed by atoms with E-state index in [2.05, 4.69) is 54.7 Å². The first-order valence-electron chi connectivity index (χ1n) is 10.2. The van der Waals surface area contributed by atoms with Crippen molar-refractivity contribution in [2.45, 2.75) is 44.7 Å². The number of hydrogen-bond donors (Lipinski definition) is 1. The van der Waals surface area contributed by atoms with Crippen LogP contribution >= 0.6 is 0 Å². The summed E-state index contributed by atoms with van der Waals surface area (Å²) < 4.78 is 39.8. The Labute approximate surface area is 180 Å². The van der Waals surface area contributed by atoms with Crippen LogP contribution in [0.5, 0.6) is 11.5 Å². The molecule has 1 heterocycles. The Morgan fingerprint density at radius 1 is 1.03 bits per heavy atom. The van der Waals surface area contributed by atoms with E-state index in [0.29, 0.717) is 18.0 Å². The molecule has 0 aromatic heterocycles. The minimum Gasteiger partial charge on any atom is -0.493 e. The van der Waals surface area contributed by atoms with E-state index in [1.54, 1.807) is 12.1 Å². The third kappa shape index (κ3) is 5.14. The van der Waals surface area contributed by atoms with E-state index >= 15 is 0 Å². The highest BCUT2D eigenvalue weighted by molar-refractivity contribution is 7.89. The molecule has 0 fully saturated rings. The summed E-state index contributed by atoms with van der Waals surface area (Å²) in [5.74, 6) is 0.885. The monoisotopic (exact) mass is 432 g/mol. The number of rotatable bonds is 7. The molecule has 30 heavy (non-hydrogen) atoms. The number of ether oxygens (including phenoxy) is 2. The highest BCUT2D eigenvalue weighted by atomic mass is 32.2. The second kappa shape index (κ2) is 8.96. The lowest BCUT2D eigenvalue weighted by Gasteiger charge is -2.37. The number of nitrogens with zero attached hydrogens (tertiary/aromatic N) is 1. The fourth-order valence-corrected chi connectivity index (χ4v) is 5.14. The number of benzene rings is 2. The highest BCUT2D eigenvalue weighted by Gasteiger charge is 2.32. The van der Waals surface area contributed by atoms with Gasteiger partial charge in [-0.3, -0.25) is 4.90 Å². The maximum Gasteiger partial charge on any atom is 0.241 e. The summed E-state index contributed by atoms with van der Waals surface area (Å²) in [7, 11) is -0.705. The van der Waals surface area contributed by atoms with Crippen molar-refractivity contribution in [3.63, 3.8) is 0 Å². The average molecular weight is 433 g/mol. The quantitative estimate of drug-likeness (QED) is 0.726. The normalized spacial score (nSPS) is 16.0. The van der Waals surface area contributed by atoms with Gasteiger partial charge in [0.15, 0.2) is 11.5 Å². The molecule has 6 nitrogen and oxygen atoms in total. The smallest absolute Gasteiger partial charge is 0.241 e. The molecular weight excluding hydrogens is 400 g/mol. The molecule has 0 unspecified atom stereocenters. The fraction of sp³-hybridized carbons (Fsp3) is 0.478. The Hall–Kier alpha value is -2.09. The molecule has 0 saturated carbocycles. The first kappa shape index (κ1) is 22.6. The Morgan fingerprint density at radius 2 is 1.70 bits per heavy atom. The number of methoxy groups -OCH3 is 2. The molecule has 1 atom stereocenters. The van der Waals surface area contributed by atoms with Crippen molar-refractivity contribution in [1.29, 1.82) is 0 Å². The van der Waals surface area contributed by atoms with Crippen molar-refractivity contribution in [3.8, 4) is 11.5 Å². The second-order valence-electron chi connectivity index (χ2n) is 8.81. The molecular formula is C23H32N2O4S. The Kier molecular flexibility index (Phi) is 6.75. The van der Waals surface area contributed by atoms with E-state index in [-0.39, 0.29) is 16.4 Å². The predicted octanol–water partition coefficient (Wildman–Crippen LogP) is 3.46. The lowest BCUT2D eigenvalue weighted by atomic mass is 9.86. The largest absolute Gasteiger partial charge is 0.493 e. The van der Waals surface area contributed by atoms with E-state index in [0.717, 1.165) is 19.5 Å². The zero-order valence-electron chi connectivity index (χ0n) is 18.4. The predicted molar refractivity (Wildman–Crippen MR) is 119 cm³/mol. The van der Waals surface area contributed by atoms with Crippen molar-refractivity contribution in [2.75, 3.05) is 27.3 Å². The van der Waals surface area contributed by atoms with Crippen LogP contribution in [0.25, 0.3) is 0 Å². The minimum atomic E-state index is -3.72. The zero-order chi connectivity index (χ0) is 21.9. The van der Waals surface area contributed by atoms with Crippen molar-refractivity contribution < 1.29 is 17.9 Å². The molecule has 1 N–H and O–H groups in total. The molecule has 0 saturated heterocycles. The van der Waals surface area contributed by atoms with Gasteiger partial charge in [0.25, 0.3) is 0 Å². The molecule has 0 spiro atoms. The number of sulfonamides is 1. The lowest BCUT2D eigenvalue weighted by molar-refractivity contribution is 0.176. The molecule has 1 aliphatic heterocycles. The summed E-state index contributed by atoms with van der Waals surface area (Å²) in [5, 5.41) is 0.